The van der Waals surface area contributed by atoms with Crippen molar-refractivity contribution in [2.45, 2.75) is 4.90 Å². The van der Waals surface area contributed by atoms with Gasteiger partial charge in [0.1, 0.15) is 11.5 Å². The fraction of sp³-hybridized carbons (Fsp3) is 0.125. The molecule has 2 rings (SSSR count). The number of amides is 2. The van der Waals surface area contributed by atoms with E-state index < -0.39 is 21.8 Å². The van der Waals surface area contributed by atoms with Crippen LogP contribution in [0.3, 0.4) is 0 Å². The molecule has 0 unspecified atom stereocenters. The van der Waals surface area contributed by atoms with Gasteiger partial charge in [-0.3, -0.25) is 15.0 Å². The summed E-state index contributed by atoms with van der Waals surface area (Å²) >= 11 is 0. The predicted molar refractivity (Wildman–Crippen MR) is 93.1 cm³/mol. The van der Waals surface area contributed by atoms with E-state index in [1.54, 1.807) is 18.2 Å². The lowest BCUT2D eigenvalue weighted by Gasteiger charge is -2.12. The van der Waals surface area contributed by atoms with E-state index >= 15 is 0 Å². The Balaban J connectivity index is 2.03. The standard InChI is InChI=1S/C16H17N3O6S/c1-24-11-8-9-14(25-2)13(10-11)17-15(20)16(21)18-19-26(22,23)12-6-4-3-5-7-12/h3-10,19H,1-2H3,(H,17,20)(H,18,21). The molecule has 3 N–H and O–H groups in total. The van der Waals surface area contributed by atoms with E-state index in [-0.39, 0.29) is 10.6 Å². The summed E-state index contributed by atoms with van der Waals surface area (Å²) in [5, 5.41) is 2.32. The summed E-state index contributed by atoms with van der Waals surface area (Å²) in [6.45, 7) is 0. The average Bonchev–Trinajstić information content (AvgIpc) is 2.66. The zero-order valence-electron chi connectivity index (χ0n) is 14.0. The molecular weight excluding hydrogens is 362 g/mol. The molecule has 0 spiro atoms. The van der Waals surface area contributed by atoms with Crippen molar-refractivity contribution in [2.24, 2.45) is 0 Å². The number of methoxy groups -OCH3 is 2. The van der Waals surface area contributed by atoms with Crippen LogP contribution in [-0.2, 0) is 19.6 Å². The normalized spacial score (nSPS) is 10.7. The highest BCUT2D eigenvalue weighted by Crippen LogP contribution is 2.28. The molecule has 26 heavy (non-hydrogen) atoms. The Hall–Kier alpha value is -3.11. The second-order valence-corrected chi connectivity index (χ2v) is 6.58. The molecule has 0 saturated heterocycles. The van der Waals surface area contributed by atoms with E-state index in [1.807, 2.05) is 10.3 Å². The molecule has 2 amide bonds. The summed E-state index contributed by atoms with van der Waals surface area (Å²) in [7, 11) is -1.15. The molecule has 0 saturated carbocycles. The third-order valence-corrected chi connectivity index (χ3v) is 4.48. The summed E-state index contributed by atoms with van der Waals surface area (Å²) in [6, 6.07) is 12.0. The highest BCUT2D eigenvalue weighted by atomic mass is 32.2. The van der Waals surface area contributed by atoms with Crippen LogP contribution < -0.4 is 25.0 Å². The number of sulfonamides is 1. The topological polar surface area (TPSA) is 123 Å². The molecule has 0 aromatic heterocycles. The van der Waals surface area contributed by atoms with Crippen LogP contribution in [-0.4, -0.2) is 34.5 Å². The van der Waals surface area contributed by atoms with Gasteiger partial charge in [0.15, 0.2) is 0 Å². The van der Waals surface area contributed by atoms with Crippen molar-refractivity contribution in [3.05, 3.63) is 48.5 Å². The number of hydrazine groups is 1. The molecule has 138 valence electrons. The lowest BCUT2D eigenvalue weighted by molar-refractivity contribution is -0.136. The summed E-state index contributed by atoms with van der Waals surface area (Å²) < 4.78 is 34.1. The Morgan fingerprint density at radius 1 is 0.923 bits per heavy atom. The van der Waals surface area contributed by atoms with Crippen molar-refractivity contribution >= 4 is 27.5 Å². The monoisotopic (exact) mass is 379 g/mol. The van der Waals surface area contributed by atoms with E-state index in [9.17, 15) is 18.0 Å². The SMILES string of the molecule is COc1ccc(OC)c(NC(=O)C(=O)NNS(=O)(=O)c2ccccc2)c1. The third kappa shape index (κ3) is 4.71. The van der Waals surface area contributed by atoms with Crippen molar-refractivity contribution in [2.75, 3.05) is 19.5 Å². The maximum absolute atomic E-state index is 12.0. The van der Waals surface area contributed by atoms with E-state index in [0.717, 1.165) is 0 Å². The van der Waals surface area contributed by atoms with Crippen LogP contribution in [0.25, 0.3) is 0 Å². The van der Waals surface area contributed by atoms with Crippen molar-refractivity contribution in [1.29, 1.82) is 0 Å². The number of anilines is 1. The molecule has 0 heterocycles. The highest BCUT2D eigenvalue weighted by Gasteiger charge is 2.20. The van der Waals surface area contributed by atoms with Gasteiger partial charge in [0, 0.05) is 6.07 Å². The quantitative estimate of drug-likeness (QED) is 0.500. The molecular formula is C16H17N3O6S. The van der Waals surface area contributed by atoms with Crippen molar-refractivity contribution in [1.82, 2.24) is 10.3 Å². The minimum Gasteiger partial charge on any atom is -0.497 e. The summed E-state index contributed by atoms with van der Waals surface area (Å²) in [5.41, 5.74) is 2.04. The summed E-state index contributed by atoms with van der Waals surface area (Å²) in [6.07, 6.45) is 0. The lowest BCUT2D eigenvalue weighted by atomic mass is 10.2. The number of nitrogens with one attached hydrogen (secondary N) is 3. The van der Waals surface area contributed by atoms with Gasteiger partial charge < -0.3 is 14.8 Å². The number of hydrogen-bond donors (Lipinski definition) is 3. The van der Waals surface area contributed by atoms with Gasteiger partial charge in [-0.25, -0.2) is 8.42 Å². The fourth-order valence-electron chi connectivity index (χ4n) is 1.92. The van der Waals surface area contributed by atoms with E-state index in [0.29, 0.717) is 11.5 Å². The Morgan fingerprint density at radius 3 is 2.23 bits per heavy atom. The molecule has 0 aliphatic rings. The number of ether oxygens (including phenoxy) is 2. The van der Waals surface area contributed by atoms with E-state index in [4.69, 9.17) is 9.47 Å². The first-order valence-electron chi connectivity index (χ1n) is 7.27. The van der Waals surface area contributed by atoms with Crippen LogP contribution in [0.2, 0.25) is 0 Å². The number of carbonyl (C=O) groups is 2. The molecule has 0 atom stereocenters. The van der Waals surface area contributed by atoms with Gasteiger partial charge >= 0.3 is 11.8 Å². The Bertz CT molecular complexity index is 899. The van der Waals surface area contributed by atoms with Gasteiger partial charge in [-0.15, -0.1) is 4.83 Å². The van der Waals surface area contributed by atoms with Crippen LogP contribution in [0, 0.1) is 0 Å². The first-order valence-corrected chi connectivity index (χ1v) is 8.76. The summed E-state index contributed by atoms with van der Waals surface area (Å²) in [5.74, 6) is -1.55. The van der Waals surface area contributed by atoms with Gasteiger partial charge in [-0.2, -0.15) is 0 Å². The Labute approximate surface area is 150 Å². The number of hydrogen-bond acceptors (Lipinski definition) is 6. The maximum atomic E-state index is 12.0. The van der Waals surface area contributed by atoms with Crippen LogP contribution in [0.1, 0.15) is 0 Å². The molecule has 0 aliphatic carbocycles. The predicted octanol–water partition coefficient (Wildman–Crippen LogP) is 0.652. The molecule has 0 radical (unpaired) electrons. The lowest BCUT2D eigenvalue weighted by Crippen LogP contribution is -2.46. The zero-order valence-corrected chi connectivity index (χ0v) is 14.8. The van der Waals surface area contributed by atoms with Gasteiger partial charge in [0.2, 0.25) is 0 Å². The van der Waals surface area contributed by atoms with Crippen molar-refractivity contribution in [3.63, 3.8) is 0 Å². The van der Waals surface area contributed by atoms with Gasteiger partial charge in [-0.1, -0.05) is 18.2 Å². The number of rotatable bonds is 6. The average molecular weight is 379 g/mol. The second-order valence-electron chi connectivity index (χ2n) is 4.89. The molecule has 10 heteroatoms. The number of carbonyl (C=O) groups excluding carboxylic acids is 2. The fourth-order valence-corrected chi connectivity index (χ4v) is 2.78. The molecule has 0 aliphatic heterocycles. The van der Waals surface area contributed by atoms with E-state index in [2.05, 4.69) is 5.32 Å². The molecule has 0 bridgehead atoms. The Morgan fingerprint density at radius 2 is 1.62 bits per heavy atom. The van der Waals surface area contributed by atoms with Crippen LogP contribution in [0.4, 0.5) is 5.69 Å². The van der Waals surface area contributed by atoms with Crippen molar-refractivity contribution in [3.8, 4) is 11.5 Å². The molecule has 0 fully saturated rings. The smallest absolute Gasteiger partial charge is 0.324 e. The molecule has 2 aromatic carbocycles. The second kappa shape index (κ2) is 8.32. The first-order chi connectivity index (χ1) is 12.4. The Kier molecular flexibility index (Phi) is 6.15. The van der Waals surface area contributed by atoms with E-state index in [1.165, 1.54) is 44.6 Å². The van der Waals surface area contributed by atoms with Crippen LogP contribution in [0.5, 0.6) is 11.5 Å². The minimum atomic E-state index is -3.99. The first kappa shape index (κ1) is 19.2. The maximum Gasteiger partial charge on any atom is 0.324 e. The third-order valence-electron chi connectivity index (χ3n) is 3.21. The summed E-state index contributed by atoms with van der Waals surface area (Å²) in [4.78, 5) is 25.6. The molecule has 2 aromatic rings. The largest absolute Gasteiger partial charge is 0.497 e. The minimum absolute atomic E-state index is 0.0600. The van der Waals surface area contributed by atoms with Gasteiger partial charge in [0.25, 0.3) is 10.0 Å². The van der Waals surface area contributed by atoms with Gasteiger partial charge in [0.05, 0.1) is 24.8 Å². The van der Waals surface area contributed by atoms with Gasteiger partial charge in [-0.05, 0) is 24.3 Å². The highest BCUT2D eigenvalue weighted by molar-refractivity contribution is 7.89. The van der Waals surface area contributed by atoms with Crippen LogP contribution >= 0.6 is 0 Å². The number of benzene rings is 2. The molecule has 9 nitrogen and oxygen atoms in total. The zero-order chi connectivity index (χ0) is 19.2. The van der Waals surface area contributed by atoms with Crippen molar-refractivity contribution < 1.29 is 27.5 Å². The van der Waals surface area contributed by atoms with Crippen LogP contribution in [0.15, 0.2) is 53.4 Å².